The molecule has 3 N–H and O–H groups in total. The second-order valence-electron chi connectivity index (χ2n) is 5.60. The van der Waals surface area contributed by atoms with Gasteiger partial charge >= 0.3 is 6.09 Å². The number of rotatable bonds is 4. The van der Waals surface area contributed by atoms with E-state index in [9.17, 15) is 14.4 Å². The molecule has 0 radical (unpaired) electrons. The molecule has 2 rings (SSSR count). The molecule has 0 aromatic heterocycles. The van der Waals surface area contributed by atoms with Gasteiger partial charge in [0.2, 0.25) is 5.91 Å². The number of likely N-dealkylation sites (tertiary alicyclic amines) is 1. The number of hydrogen-bond donors (Lipinski definition) is 3. The summed E-state index contributed by atoms with van der Waals surface area (Å²) in [5.41, 5.74) is 0.796. The van der Waals surface area contributed by atoms with Gasteiger partial charge < -0.3 is 15.0 Å². The van der Waals surface area contributed by atoms with Crippen molar-refractivity contribution < 1.29 is 24.0 Å². The highest BCUT2D eigenvalue weighted by molar-refractivity contribution is 5.93. The summed E-state index contributed by atoms with van der Waals surface area (Å²) in [6.07, 6.45) is 0.700. The van der Waals surface area contributed by atoms with E-state index >= 15 is 0 Å². The van der Waals surface area contributed by atoms with Gasteiger partial charge in [-0.15, -0.1) is 0 Å². The zero-order valence-electron chi connectivity index (χ0n) is 13.1. The Balaban J connectivity index is 1.74. The molecule has 1 saturated heterocycles. The molecule has 7 nitrogen and oxygen atoms in total. The highest BCUT2D eigenvalue weighted by Gasteiger charge is 2.28. The van der Waals surface area contributed by atoms with Gasteiger partial charge in [-0.1, -0.05) is 18.2 Å². The van der Waals surface area contributed by atoms with E-state index in [1.165, 1.54) is 7.11 Å². The number of carbonyl (C=O) groups excluding carboxylic acids is 3. The lowest BCUT2D eigenvalue weighted by Crippen LogP contribution is -3.14. The van der Waals surface area contributed by atoms with E-state index in [4.69, 9.17) is 0 Å². The van der Waals surface area contributed by atoms with Crippen molar-refractivity contribution in [1.82, 2.24) is 5.32 Å². The minimum absolute atomic E-state index is 0.0225. The molecule has 1 fully saturated rings. The van der Waals surface area contributed by atoms with Crippen LogP contribution in [-0.4, -0.2) is 44.7 Å². The smallest absolute Gasteiger partial charge is 0.413 e. The monoisotopic (exact) mass is 320 g/mol. The molecule has 0 atom stereocenters. The number of amides is 3. The van der Waals surface area contributed by atoms with Crippen LogP contribution in [-0.2, 0) is 14.3 Å². The number of piperidine rings is 1. The molecule has 0 bridgehead atoms. The number of para-hydroxylation sites is 1. The highest BCUT2D eigenvalue weighted by Crippen LogP contribution is 2.13. The van der Waals surface area contributed by atoms with Crippen molar-refractivity contribution >= 4 is 23.6 Å². The number of methoxy groups -OCH3 is 1. The summed E-state index contributed by atoms with van der Waals surface area (Å²) in [6, 6.07) is 9.37. The summed E-state index contributed by atoms with van der Waals surface area (Å²) in [6.45, 7) is 1.66. The average Bonchev–Trinajstić information content (AvgIpc) is 2.56. The topological polar surface area (TPSA) is 88.9 Å². The van der Waals surface area contributed by atoms with Crippen molar-refractivity contribution in [2.24, 2.45) is 5.92 Å². The van der Waals surface area contributed by atoms with E-state index in [1.807, 2.05) is 30.3 Å². The van der Waals surface area contributed by atoms with Crippen LogP contribution in [0.15, 0.2) is 30.3 Å². The molecule has 3 amide bonds. The van der Waals surface area contributed by atoms with Crippen molar-refractivity contribution in [3.8, 4) is 0 Å². The van der Waals surface area contributed by atoms with Gasteiger partial charge in [0, 0.05) is 24.4 Å². The highest BCUT2D eigenvalue weighted by atomic mass is 16.5. The molecular weight excluding hydrogens is 298 g/mol. The lowest BCUT2D eigenvalue weighted by atomic mass is 9.96. The maximum absolute atomic E-state index is 12.2. The number of carbonyl (C=O) groups is 3. The van der Waals surface area contributed by atoms with Gasteiger partial charge in [0.05, 0.1) is 20.2 Å². The summed E-state index contributed by atoms with van der Waals surface area (Å²) in [5, 5.41) is 5.06. The zero-order valence-corrected chi connectivity index (χ0v) is 13.1. The lowest BCUT2D eigenvalue weighted by Gasteiger charge is -2.28. The summed E-state index contributed by atoms with van der Waals surface area (Å²) in [5.74, 6) is -0.379. The molecule has 1 aromatic rings. The van der Waals surface area contributed by atoms with Crippen LogP contribution >= 0.6 is 0 Å². The Labute approximate surface area is 135 Å². The molecule has 124 valence electrons. The first-order chi connectivity index (χ1) is 11.1. The fourth-order valence-corrected chi connectivity index (χ4v) is 2.67. The van der Waals surface area contributed by atoms with Crippen LogP contribution in [0.2, 0.25) is 0 Å². The molecule has 0 saturated carbocycles. The Bertz CT molecular complexity index is 554. The van der Waals surface area contributed by atoms with Crippen molar-refractivity contribution in [1.29, 1.82) is 0 Å². The minimum atomic E-state index is -0.744. The van der Waals surface area contributed by atoms with Gasteiger partial charge in [-0.25, -0.2) is 4.79 Å². The van der Waals surface area contributed by atoms with E-state index in [2.05, 4.69) is 15.4 Å². The third kappa shape index (κ3) is 5.37. The molecule has 7 heteroatoms. The number of anilines is 1. The van der Waals surface area contributed by atoms with Crippen LogP contribution in [0, 0.1) is 5.92 Å². The second-order valence-corrected chi connectivity index (χ2v) is 5.60. The number of imide groups is 1. The summed E-state index contributed by atoms with van der Waals surface area (Å²) >= 11 is 0. The van der Waals surface area contributed by atoms with Crippen molar-refractivity contribution in [2.45, 2.75) is 12.8 Å². The van der Waals surface area contributed by atoms with E-state index in [1.54, 1.807) is 0 Å². The van der Waals surface area contributed by atoms with Crippen molar-refractivity contribution in [3.05, 3.63) is 30.3 Å². The average molecular weight is 320 g/mol. The lowest BCUT2D eigenvalue weighted by molar-refractivity contribution is -0.897. The Morgan fingerprint density at radius 2 is 1.83 bits per heavy atom. The first kappa shape index (κ1) is 17.0. The Hall–Kier alpha value is -2.41. The van der Waals surface area contributed by atoms with Gasteiger partial charge in [-0.3, -0.25) is 14.9 Å². The molecule has 0 unspecified atom stereocenters. The number of nitrogens with one attached hydrogen (secondary N) is 3. The summed E-state index contributed by atoms with van der Waals surface area (Å²) in [7, 11) is 1.21. The SMILES string of the molecule is COC(=O)NC(=O)C[NH+]1CCC(C(=O)Nc2ccccc2)CC1. The van der Waals surface area contributed by atoms with Crippen LogP contribution in [0.1, 0.15) is 12.8 Å². The molecule has 1 aliphatic rings. The second kappa shape index (κ2) is 8.28. The minimum Gasteiger partial charge on any atom is -0.453 e. The maximum atomic E-state index is 12.2. The van der Waals surface area contributed by atoms with E-state index in [-0.39, 0.29) is 24.3 Å². The first-order valence-corrected chi connectivity index (χ1v) is 7.65. The third-order valence-electron chi connectivity index (χ3n) is 3.94. The van der Waals surface area contributed by atoms with E-state index in [0.717, 1.165) is 36.5 Å². The molecule has 23 heavy (non-hydrogen) atoms. The van der Waals surface area contributed by atoms with Gasteiger partial charge in [0.25, 0.3) is 5.91 Å². The van der Waals surface area contributed by atoms with Gasteiger partial charge in [0.15, 0.2) is 6.54 Å². The first-order valence-electron chi connectivity index (χ1n) is 7.65. The van der Waals surface area contributed by atoms with Gasteiger partial charge in [-0.2, -0.15) is 0 Å². The number of ether oxygens (including phenoxy) is 1. The quantitative estimate of drug-likeness (QED) is 0.717. The zero-order chi connectivity index (χ0) is 16.7. The van der Waals surface area contributed by atoms with Crippen LogP contribution in [0.3, 0.4) is 0 Å². The molecule has 0 spiro atoms. The fraction of sp³-hybridized carbons (Fsp3) is 0.438. The fourth-order valence-electron chi connectivity index (χ4n) is 2.67. The van der Waals surface area contributed by atoms with Crippen LogP contribution in [0.25, 0.3) is 0 Å². The molecule has 1 aromatic carbocycles. The molecule has 1 aliphatic heterocycles. The number of alkyl carbamates (subject to hydrolysis) is 1. The predicted molar refractivity (Wildman–Crippen MR) is 83.9 cm³/mol. The third-order valence-corrected chi connectivity index (χ3v) is 3.94. The number of hydrogen-bond acceptors (Lipinski definition) is 4. The molecule has 0 aliphatic carbocycles. The number of benzene rings is 1. The van der Waals surface area contributed by atoms with Crippen molar-refractivity contribution in [2.75, 3.05) is 32.1 Å². The molecular formula is C16H22N3O4+. The van der Waals surface area contributed by atoms with E-state index < -0.39 is 6.09 Å². The van der Waals surface area contributed by atoms with Crippen LogP contribution in [0.4, 0.5) is 10.5 Å². The Kier molecular flexibility index (Phi) is 6.10. The largest absolute Gasteiger partial charge is 0.453 e. The van der Waals surface area contributed by atoms with E-state index in [0.29, 0.717) is 0 Å². The van der Waals surface area contributed by atoms with Crippen LogP contribution < -0.4 is 15.5 Å². The summed E-state index contributed by atoms with van der Waals surface area (Å²) < 4.78 is 4.38. The molecule has 1 heterocycles. The maximum Gasteiger partial charge on any atom is 0.413 e. The Morgan fingerprint density at radius 1 is 1.17 bits per heavy atom. The Morgan fingerprint density at radius 3 is 2.43 bits per heavy atom. The number of quaternary nitrogens is 1. The predicted octanol–water partition coefficient (Wildman–Crippen LogP) is -0.197. The standard InChI is InChI=1S/C16H21N3O4/c1-23-16(22)18-14(20)11-19-9-7-12(8-10-19)15(21)17-13-5-3-2-4-6-13/h2-6,12H,7-11H2,1H3,(H,17,21)(H,18,20,22)/p+1. The van der Waals surface area contributed by atoms with Crippen LogP contribution in [0.5, 0.6) is 0 Å². The van der Waals surface area contributed by atoms with Gasteiger partial charge in [-0.05, 0) is 12.1 Å². The normalized spacial score (nSPS) is 20.4. The van der Waals surface area contributed by atoms with Gasteiger partial charge in [0.1, 0.15) is 0 Å². The van der Waals surface area contributed by atoms with Crippen molar-refractivity contribution in [3.63, 3.8) is 0 Å². The summed E-state index contributed by atoms with van der Waals surface area (Å²) in [4.78, 5) is 35.9.